The monoisotopic (exact) mass is 295 g/mol. The Morgan fingerprint density at radius 3 is 2.57 bits per heavy atom. The van der Waals surface area contributed by atoms with Crippen molar-refractivity contribution < 1.29 is 4.79 Å². The molecule has 0 aliphatic heterocycles. The molecular weight excluding hydrogens is 278 g/mol. The average Bonchev–Trinajstić information content (AvgIpc) is 2.84. The molecule has 0 amide bonds. The van der Waals surface area contributed by atoms with Gasteiger partial charge in [-0.05, 0) is 18.6 Å². The Kier molecular flexibility index (Phi) is 4.11. The number of fused-ring (bicyclic) bond motifs is 1. The molecule has 0 saturated heterocycles. The van der Waals surface area contributed by atoms with Gasteiger partial charge < -0.3 is 4.98 Å². The molecular formula is C18H17NOS. The summed E-state index contributed by atoms with van der Waals surface area (Å²) in [6.45, 7) is 1.97. The van der Waals surface area contributed by atoms with Crippen molar-refractivity contribution in [3.63, 3.8) is 0 Å². The minimum Gasteiger partial charge on any atom is -0.358 e. The Labute approximate surface area is 128 Å². The van der Waals surface area contributed by atoms with Crippen molar-refractivity contribution in [2.24, 2.45) is 0 Å². The number of carbonyl (C=O) groups excluding carboxylic acids is 1. The molecule has 2 aromatic carbocycles. The van der Waals surface area contributed by atoms with Gasteiger partial charge in [0.05, 0.1) is 5.75 Å². The Morgan fingerprint density at radius 2 is 1.76 bits per heavy atom. The van der Waals surface area contributed by atoms with Crippen LogP contribution in [-0.4, -0.2) is 16.5 Å². The lowest BCUT2D eigenvalue weighted by Crippen LogP contribution is -2.04. The predicted molar refractivity (Wildman–Crippen MR) is 90.0 cm³/mol. The van der Waals surface area contributed by atoms with E-state index in [0.29, 0.717) is 5.75 Å². The first kappa shape index (κ1) is 14.0. The minimum atomic E-state index is 0.200. The minimum absolute atomic E-state index is 0.200. The number of nitrogens with one attached hydrogen (secondary N) is 1. The lowest BCUT2D eigenvalue weighted by molar-refractivity contribution is 0.102. The zero-order chi connectivity index (χ0) is 14.7. The number of aryl methyl sites for hydroxylation is 1. The summed E-state index contributed by atoms with van der Waals surface area (Å²) in [5.74, 6) is 1.58. The molecule has 3 aromatic rings. The number of benzene rings is 2. The van der Waals surface area contributed by atoms with Crippen molar-refractivity contribution in [2.75, 3.05) is 5.75 Å². The number of Topliss-reactive ketones (excluding diaryl/α,β-unsaturated/α-hetero) is 1. The van der Waals surface area contributed by atoms with E-state index in [1.807, 2.05) is 49.4 Å². The number of ketones is 1. The number of hydrogen-bond acceptors (Lipinski definition) is 2. The molecule has 1 aromatic heterocycles. The summed E-state index contributed by atoms with van der Waals surface area (Å²) in [5.41, 5.74) is 4.09. The van der Waals surface area contributed by atoms with Crippen molar-refractivity contribution in [1.82, 2.24) is 4.98 Å². The number of rotatable bonds is 5. The molecule has 0 aliphatic rings. The van der Waals surface area contributed by atoms with E-state index < -0.39 is 0 Å². The third-order valence-electron chi connectivity index (χ3n) is 3.52. The highest BCUT2D eigenvalue weighted by Crippen LogP contribution is 2.24. The number of carbonyl (C=O) groups is 1. The van der Waals surface area contributed by atoms with Crippen LogP contribution in [0.2, 0.25) is 0 Å². The Balaban J connectivity index is 1.71. The normalized spacial score (nSPS) is 10.9. The van der Waals surface area contributed by atoms with Crippen LogP contribution in [0.15, 0.2) is 54.6 Å². The average molecular weight is 295 g/mol. The fourth-order valence-corrected chi connectivity index (χ4v) is 3.40. The standard InChI is InChI=1S/C18H17NOS/c1-13-18(15-9-5-6-10-16(15)19-13)17(20)12-21-11-14-7-3-2-4-8-14/h2-10,19H,11-12H2,1H3. The molecule has 2 nitrogen and oxygen atoms in total. The molecule has 0 saturated carbocycles. The van der Waals surface area contributed by atoms with Crippen LogP contribution in [0, 0.1) is 6.92 Å². The van der Waals surface area contributed by atoms with Gasteiger partial charge in [-0.2, -0.15) is 0 Å². The van der Waals surface area contributed by atoms with Crippen LogP contribution in [0.1, 0.15) is 21.6 Å². The van der Waals surface area contributed by atoms with E-state index in [2.05, 4.69) is 17.1 Å². The lowest BCUT2D eigenvalue weighted by Gasteiger charge is -2.02. The number of aromatic amines is 1. The molecule has 1 heterocycles. The molecule has 3 heteroatoms. The van der Waals surface area contributed by atoms with Crippen LogP contribution in [0.25, 0.3) is 10.9 Å². The van der Waals surface area contributed by atoms with Gasteiger partial charge in [0.15, 0.2) is 5.78 Å². The smallest absolute Gasteiger partial charge is 0.175 e. The molecule has 0 atom stereocenters. The molecule has 0 fully saturated rings. The second-order valence-electron chi connectivity index (χ2n) is 5.07. The third kappa shape index (κ3) is 3.03. The van der Waals surface area contributed by atoms with Gasteiger partial charge in [-0.1, -0.05) is 48.5 Å². The van der Waals surface area contributed by atoms with Crippen LogP contribution < -0.4 is 0 Å². The van der Waals surface area contributed by atoms with Crippen molar-refractivity contribution >= 4 is 28.4 Å². The van der Waals surface area contributed by atoms with Gasteiger partial charge >= 0.3 is 0 Å². The summed E-state index contributed by atoms with van der Waals surface area (Å²) in [6, 6.07) is 18.2. The van der Waals surface area contributed by atoms with Crippen molar-refractivity contribution in [1.29, 1.82) is 0 Å². The Morgan fingerprint density at radius 1 is 1.05 bits per heavy atom. The second kappa shape index (κ2) is 6.19. The van der Waals surface area contributed by atoms with Crippen LogP contribution in [0.5, 0.6) is 0 Å². The van der Waals surface area contributed by atoms with Crippen LogP contribution in [-0.2, 0) is 5.75 Å². The summed E-state index contributed by atoms with van der Waals surface area (Å²) >= 11 is 1.67. The van der Waals surface area contributed by atoms with E-state index in [0.717, 1.165) is 27.9 Å². The van der Waals surface area contributed by atoms with E-state index in [-0.39, 0.29) is 5.78 Å². The maximum Gasteiger partial charge on any atom is 0.175 e. The van der Waals surface area contributed by atoms with Gasteiger partial charge in [0.1, 0.15) is 0 Å². The number of thioether (sulfide) groups is 1. The SMILES string of the molecule is Cc1[nH]c2ccccc2c1C(=O)CSCc1ccccc1. The molecule has 0 unspecified atom stereocenters. The quantitative estimate of drug-likeness (QED) is 0.698. The van der Waals surface area contributed by atoms with Crippen LogP contribution in [0.3, 0.4) is 0 Å². The van der Waals surface area contributed by atoms with Crippen LogP contribution >= 0.6 is 11.8 Å². The van der Waals surface area contributed by atoms with Crippen molar-refractivity contribution in [3.05, 3.63) is 71.4 Å². The molecule has 0 radical (unpaired) electrons. The largest absolute Gasteiger partial charge is 0.358 e. The fraction of sp³-hybridized carbons (Fsp3) is 0.167. The van der Waals surface area contributed by atoms with Gasteiger partial charge in [-0.25, -0.2) is 0 Å². The molecule has 3 rings (SSSR count). The summed E-state index contributed by atoms with van der Waals surface area (Å²) in [5, 5.41) is 1.03. The number of aromatic nitrogens is 1. The Bertz CT molecular complexity index is 761. The molecule has 1 N–H and O–H groups in total. The molecule has 106 valence electrons. The summed E-state index contributed by atoms with van der Waals surface area (Å²) in [6.07, 6.45) is 0. The predicted octanol–water partition coefficient (Wildman–Crippen LogP) is 4.59. The highest BCUT2D eigenvalue weighted by atomic mass is 32.2. The molecule has 0 spiro atoms. The summed E-state index contributed by atoms with van der Waals surface area (Å²) < 4.78 is 0. The van der Waals surface area contributed by atoms with Gasteiger partial charge in [-0.15, -0.1) is 11.8 Å². The first-order chi connectivity index (χ1) is 10.3. The second-order valence-corrected chi connectivity index (χ2v) is 6.06. The summed E-state index contributed by atoms with van der Waals surface area (Å²) in [4.78, 5) is 15.8. The number of para-hydroxylation sites is 1. The third-order valence-corrected chi connectivity index (χ3v) is 4.52. The van der Waals surface area contributed by atoms with E-state index in [9.17, 15) is 4.79 Å². The van der Waals surface area contributed by atoms with E-state index in [1.54, 1.807) is 11.8 Å². The number of hydrogen-bond donors (Lipinski definition) is 1. The lowest BCUT2D eigenvalue weighted by atomic mass is 10.1. The Hall–Kier alpha value is -2.00. The van der Waals surface area contributed by atoms with Crippen LogP contribution in [0.4, 0.5) is 0 Å². The van der Waals surface area contributed by atoms with Gasteiger partial charge in [0.25, 0.3) is 0 Å². The van der Waals surface area contributed by atoms with E-state index in [4.69, 9.17) is 0 Å². The summed E-state index contributed by atoms with van der Waals surface area (Å²) in [7, 11) is 0. The van der Waals surface area contributed by atoms with Gasteiger partial charge in [-0.3, -0.25) is 4.79 Å². The first-order valence-corrected chi connectivity index (χ1v) is 8.13. The van der Waals surface area contributed by atoms with Crippen molar-refractivity contribution in [3.8, 4) is 0 Å². The molecule has 0 bridgehead atoms. The molecule has 0 aliphatic carbocycles. The van der Waals surface area contributed by atoms with E-state index in [1.165, 1.54) is 5.56 Å². The zero-order valence-electron chi connectivity index (χ0n) is 11.9. The maximum atomic E-state index is 12.5. The topological polar surface area (TPSA) is 32.9 Å². The first-order valence-electron chi connectivity index (χ1n) is 6.98. The van der Waals surface area contributed by atoms with Gasteiger partial charge in [0.2, 0.25) is 0 Å². The zero-order valence-corrected chi connectivity index (χ0v) is 12.7. The fourth-order valence-electron chi connectivity index (χ4n) is 2.54. The molecule has 21 heavy (non-hydrogen) atoms. The van der Waals surface area contributed by atoms with Crippen molar-refractivity contribution in [2.45, 2.75) is 12.7 Å². The van der Waals surface area contributed by atoms with E-state index >= 15 is 0 Å². The maximum absolute atomic E-state index is 12.5. The van der Waals surface area contributed by atoms with Gasteiger partial charge in [0, 0.05) is 27.9 Å². The number of H-pyrrole nitrogens is 1. The highest BCUT2D eigenvalue weighted by Gasteiger charge is 2.15. The highest BCUT2D eigenvalue weighted by molar-refractivity contribution is 7.99.